The topological polar surface area (TPSA) is 47.6 Å². The highest BCUT2D eigenvalue weighted by Gasteiger charge is 2.07. The van der Waals surface area contributed by atoms with E-state index >= 15 is 0 Å². The van der Waals surface area contributed by atoms with Crippen LogP contribution in [0.4, 0.5) is 5.69 Å². The first kappa shape index (κ1) is 14.9. The third kappa shape index (κ3) is 4.24. The zero-order valence-corrected chi connectivity index (χ0v) is 12.3. The van der Waals surface area contributed by atoms with Crippen molar-refractivity contribution in [2.45, 2.75) is 13.3 Å². The van der Waals surface area contributed by atoms with E-state index in [4.69, 9.17) is 9.47 Å². The molecule has 4 heteroatoms. The van der Waals surface area contributed by atoms with Gasteiger partial charge < -0.3 is 14.8 Å². The van der Waals surface area contributed by atoms with E-state index in [1.165, 1.54) is 0 Å². The summed E-state index contributed by atoms with van der Waals surface area (Å²) >= 11 is 0. The Labute approximate surface area is 124 Å². The largest absolute Gasteiger partial charge is 0.497 e. The molecule has 2 aromatic rings. The normalized spacial score (nSPS) is 10.0. The maximum absolute atomic E-state index is 12.2. The van der Waals surface area contributed by atoms with E-state index in [1.807, 2.05) is 19.1 Å². The third-order valence-electron chi connectivity index (χ3n) is 2.92. The molecule has 0 saturated carbocycles. The SMILES string of the molecule is CCCOc1cccc(C(=O)Nc2ccc(OC)cc2)c1. The predicted molar refractivity (Wildman–Crippen MR) is 83.2 cm³/mol. The summed E-state index contributed by atoms with van der Waals surface area (Å²) in [6, 6.07) is 14.4. The van der Waals surface area contributed by atoms with Gasteiger partial charge in [0.05, 0.1) is 13.7 Å². The van der Waals surface area contributed by atoms with Crippen LogP contribution in [-0.4, -0.2) is 19.6 Å². The van der Waals surface area contributed by atoms with Crippen molar-refractivity contribution in [3.8, 4) is 11.5 Å². The van der Waals surface area contributed by atoms with E-state index in [0.29, 0.717) is 17.9 Å². The highest BCUT2D eigenvalue weighted by Crippen LogP contribution is 2.18. The van der Waals surface area contributed by atoms with Crippen LogP contribution in [0.2, 0.25) is 0 Å². The number of carbonyl (C=O) groups excluding carboxylic acids is 1. The molecule has 0 fully saturated rings. The molecule has 0 aliphatic carbocycles. The van der Waals surface area contributed by atoms with Crippen molar-refractivity contribution in [1.29, 1.82) is 0 Å². The van der Waals surface area contributed by atoms with Crippen molar-refractivity contribution >= 4 is 11.6 Å². The first-order valence-corrected chi connectivity index (χ1v) is 6.91. The molecule has 0 bridgehead atoms. The van der Waals surface area contributed by atoms with E-state index in [2.05, 4.69) is 5.32 Å². The number of hydrogen-bond donors (Lipinski definition) is 1. The Morgan fingerprint density at radius 2 is 1.86 bits per heavy atom. The molecule has 4 nitrogen and oxygen atoms in total. The molecule has 0 radical (unpaired) electrons. The van der Waals surface area contributed by atoms with Gasteiger partial charge in [0, 0.05) is 11.3 Å². The summed E-state index contributed by atoms with van der Waals surface area (Å²) in [5, 5.41) is 2.84. The zero-order valence-electron chi connectivity index (χ0n) is 12.3. The lowest BCUT2D eigenvalue weighted by atomic mass is 10.2. The third-order valence-corrected chi connectivity index (χ3v) is 2.92. The van der Waals surface area contributed by atoms with Gasteiger partial charge in [0.2, 0.25) is 0 Å². The lowest BCUT2D eigenvalue weighted by molar-refractivity contribution is 0.102. The van der Waals surface area contributed by atoms with Gasteiger partial charge in [-0.05, 0) is 48.9 Å². The highest BCUT2D eigenvalue weighted by molar-refractivity contribution is 6.04. The Balaban J connectivity index is 2.05. The molecule has 0 aliphatic rings. The van der Waals surface area contributed by atoms with Gasteiger partial charge in [-0.25, -0.2) is 0 Å². The molecule has 21 heavy (non-hydrogen) atoms. The fourth-order valence-electron chi connectivity index (χ4n) is 1.82. The van der Waals surface area contributed by atoms with E-state index < -0.39 is 0 Å². The fourth-order valence-corrected chi connectivity index (χ4v) is 1.82. The lowest BCUT2D eigenvalue weighted by Gasteiger charge is -2.08. The second kappa shape index (κ2) is 7.33. The molecule has 0 spiro atoms. The van der Waals surface area contributed by atoms with Crippen LogP contribution in [0.3, 0.4) is 0 Å². The van der Waals surface area contributed by atoms with Crippen LogP contribution in [0, 0.1) is 0 Å². The molecule has 0 heterocycles. The van der Waals surface area contributed by atoms with E-state index in [9.17, 15) is 4.79 Å². The number of rotatable bonds is 6. The summed E-state index contributed by atoms with van der Waals surface area (Å²) in [6.45, 7) is 2.68. The van der Waals surface area contributed by atoms with Crippen LogP contribution in [0.15, 0.2) is 48.5 Å². The molecule has 0 unspecified atom stereocenters. The van der Waals surface area contributed by atoms with Gasteiger partial charge in [0.25, 0.3) is 5.91 Å². The van der Waals surface area contributed by atoms with Crippen molar-refractivity contribution in [2.24, 2.45) is 0 Å². The molecule has 0 aliphatic heterocycles. The average Bonchev–Trinajstić information content (AvgIpc) is 2.54. The number of nitrogens with one attached hydrogen (secondary N) is 1. The quantitative estimate of drug-likeness (QED) is 0.879. The summed E-state index contributed by atoms with van der Waals surface area (Å²) in [5.41, 5.74) is 1.29. The summed E-state index contributed by atoms with van der Waals surface area (Å²) in [6.07, 6.45) is 0.933. The van der Waals surface area contributed by atoms with Crippen LogP contribution in [0.25, 0.3) is 0 Å². The van der Waals surface area contributed by atoms with Crippen molar-refractivity contribution in [2.75, 3.05) is 19.0 Å². The van der Waals surface area contributed by atoms with E-state index in [-0.39, 0.29) is 5.91 Å². The molecule has 0 saturated heterocycles. The Kier molecular flexibility index (Phi) is 5.21. The van der Waals surface area contributed by atoms with Gasteiger partial charge in [-0.2, -0.15) is 0 Å². The number of hydrogen-bond acceptors (Lipinski definition) is 3. The van der Waals surface area contributed by atoms with Gasteiger partial charge in [-0.3, -0.25) is 4.79 Å². The molecular formula is C17H19NO3. The highest BCUT2D eigenvalue weighted by atomic mass is 16.5. The molecular weight excluding hydrogens is 266 g/mol. The van der Waals surface area contributed by atoms with Crippen molar-refractivity contribution in [3.63, 3.8) is 0 Å². The van der Waals surface area contributed by atoms with E-state index in [1.54, 1.807) is 43.5 Å². The standard InChI is InChI=1S/C17H19NO3/c1-3-11-21-16-6-4-5-13(12-16)17(19)18-14-7-9-15(20-2)10-8-14/h4-10,12H,3,11H2,1-2H3,(H,18,19). The first-order chi connectivity index (χ1) is 10.2. The Morgan fingerprint density at radius 1 is 1.10 bits per heavy atom. The number of benzene rings is 2. The second-order valence-electron chi connectivity index (χ2n) is 4.56. The Hall–Kier alpha value is -2.49. The summed E-state index contributed by atoms with van der Waals surface area (Å²) in [4.78, 5) is 12.2. The van der Waals surface area contributed by atoms with Crippen LogP contribution < -0.4 is 14.8 Å². The monoisotopic (exact) mass is 285 g/mol. The van der Waals surface area contributed by atoms with Gasteiger partial charge in [0.15, 0.2) is 0 Å². The summed E-state index contributed by atoms with van der Waals surface area (Å²) in [5.74, 6) is 1.30. The average molecular weight is 285 g/mol. The van der Waals surface area contributed by atoms with Crippen LogP contribution >= 0.6 is 0 Å². The van der Waals surface area contributed by atoms with Crippen LogP contribution in [0.5, 0.6) is 11.5 Å². The summed E-state index contributed by atoms with van der Waals surface area (Å²) < 4.78 is 10.6. The second-order valence-corrected chi connectivity index (χ2v) is 4.56. The number of methoxy groups -OCH3 is 1. The maximum Gasteiger partial charge on any atom is 0.255 e. The van der Waals surface area contributed by atoms with Crippen LogP contribution in [-0.2, 0) is 0 Å². The molecule has 1 N–H and O–H groups in total. The van der Waals surface area contributed by atoms with Gasteiger partial charge in [-0.1, -0.05) is 13.0 Å². The molecule has 2 rings (SSSR count). The number of carbonyl (C=O) groups is 1. The number of anilines is 1. The van der Waals surface area contributed by atoms with Crippen molar-refractivity contribution in [3.05, 3.63) is 54.1 Å². The van der Waals surface area contributed by atoms with Crippen molar-refractivity contribution in [1.82, 2.24) is 0 Å². The van der Waals surface area contributed by atoms with Crippen LogP contribution in [0.1, 0.15) is 23.7 Å². The molecule has 2 aromatic carbocycles. The fraction of sp³-hybridized carbons (Fsp3) is 0.235. The van der Waals surface area contributed by atoms with E-state index in [0.717, 1.165) is 17.9 Å². The summed E-state index contributed by atoms with van der Waals surface area (Å²) in [7, 11) is 1.61. The molecule has 1 amide bonds. The minimum absolute atomic E-state index is 0.165. The Bertz CT molecular complexity index is 593. The first-order valence-electron chi connectivity index (χ1n) is 6.91. The van der Waals surface area contributed by atoms with Gasteiger partial charge in [-0.15, -0.1) is 0 Å². The zero-order chi connectivity index (χ0) is 15.1. The number of amides is 1. The molecule has 110 valence electrons. The van der Waals surface area contributed by atoms with Gasteiger partial charge >= 0.3 is 0 Å². The smallest absolute Gasteiger partial charge is 0.255 e. The maximum atomic E-state index is 12.2. The minimum Gasteiger partial charge on any atom is -0.497 e. The predicted octanol–water partition coefficient (Wildman–Crippen LogP) is 3.74. The van der Waals surface area contributed by atoms with Crippen molar-refractivity contribution < 1.29 is 14.3 Å². The van der Waals surface area contributed by atoms with Gasteiger partial charge in [0.1, 0.15) is 11.5 Å². The number of ether oxygens (including phenoxy) is 2. The Morgan fingerprint density at radius 3 is 2.52 bits per heavy atom. The lowest BCUT2D eigenvalue weighted by Crippen LogP contribution is -2.12. The minimum atomic E-state index is -0.165. The molecule has 0 aromatic heterocycles. The molecule has 0 atom stereocenters.